The summed E-state index contributed by atoms with van der Waals surface area (Å²) in [6, 6.07) is 8.47. The molecule has 0 saturated heterocycles. The summed E-state index contributed by atoms with van der Waals surface area (Å²) in [5.41, 5.74) is 0. The van der Waals surface area contributed by atoms with Gasteiger partial charge in [-0.3, -0.25) is 4.72 Å². The lowest BCUT2D eigenvalue weighted by atomic mass is 10.3. The van der Waals surface area contributed by atoms with Gasteiger partial charge in [0.05, 0.1) is 13.4 Å². The molecule has 0 bridgehead atoms. The zero-order valence-corrected chi connectivity index (χ0v) is 17.8. The topological polar surface area (TPSA) is 125 Å². The highest BCUT2D eigenvalue weighted by atomic mass is 32.2. The van der Waals surface area contributed by atoms with Gasteiger partial charge in [0.25, 0.3) is 5.88 Å². The number of methoxy groups -OCH3 is 1. The molecule has 160 valence electrons. The number of nitrogens with one attached hydrogen (secondary N) is 1. The van der Waals surface area contributed by atoms with Gasteiger partial charge in [0.1, 0.15) is 0 Å². The number of benzene rings is 1. The first-order chi connectivity index (χ1) is 14.9. The highest BCUT2D eigenvalue weighted by molar-refractivity contribution is 7.92. The van der Waals surface area contributed by atoms with Crippen LogP contribution in [0.4, 0.5) is 5.82 Å². The summed E-state index contributed by atoms with van der Waals surface area (Å²) in [5, 5.41) is 0. The minimum atomic E-state index is -3.72. The second-order valence-corrected chi connectivity index (χ2v) is 7.69. The number of sulfonamides is 1. The van der Waals surface area contributed by atoms with Crippen molar-refractivity contribution in [3.63, 3.8) is 0 Å². The van der Waals surface area contributed by atoms with Crippen LogP contribution in [0.25, 0.3) is 11.6 Å². The molecule has 0 spiro atoms. The van der Waals surface area contributed by atoms with Crippen molar-refractivity contribution in [2.45, 2.75) is 6.92 Å². The van der Waals surface area contributed by atoms with Gasteiger partial charge in [0, 0.05) is 12.4 Å². The van der Waals surface area contributed by atoms with Gasteiger partial charge in [-0.25, -0.2) is 23.4 Å². The zero-order chi connectivity index (χ0) is 22.3. The van der Waals surface area contributed by atoms with Crippen LogP contribution >= 0.6 is 0 Å². The van der Waals surface area contributed by atoms with Crippen LogP contribution < -0.4 is 18.9 Å². The maximum Gasteiger partial charge on any atom is 0.264 e. The predicted molar refractivity (Wildman–Crippen MR) is 114 cm³/mol. The van der Waals surface area contributed by atoms with E-state index in [1.807, 2.05) is 0 Å². The molecule has 11 heteroatoms. The van der Waals surface area contributed by atoms with E-state index < -0.39 is 10.0 Å². The Kier molecular flexibility index (Phi) is 6.84. The summed E-state index contributed by atoms with van der Waals surface area (Å²) in [7, 11) is -2.24. The van der Waals surface area contributed by atoms with Crippen LogP contribution in [0.1, 0.15) is 6.92 Å². The van der Waals surface area contributed by atoms with E-state index in [-0.39, 0.29) is 35.7 Å². The lowest BCUT2D eigenvalue weighted by Crippen LogP contribution is -2.14. The Balaban J connectivity index is 2.19. The van der Waals surface area contributed by atoms with E-state index in [2.05, 4.69) is 36.5 Å². The molecule has 0 saturated carbocycles. The molecule has 0 radical (unpaired) electrons. The standard InChI is InChI=1S/C20H19N5O5S/c1-4-5-13-29-20-16(30-15-10-7-6-9-14(15)28-2)17(25-31(3,26)27)23-19(24-20)18-21-11-8-12-22-18/h6-12H,13H2,1-3H3,(H,23,24,25). The van der Waals surface area contributed by atoms with E-state index in [1.54, 1.807) is 37.3 Å². The van der Waals surface area contributed by atoms with Gasteiger partial charge in [-0.15, -0.1) is 5.92 Å². The fourth-order valence-electron chi connectivity index (χ4n) is 2.37. The molecule has 0 aliphatic rings. The summed E-state index contributed by atoms with van der Waals surface area (Å²) in [4.78, 5) is 16.8. The van der Waals surface area contributed by atoms with Gasteiger partial charge < -0.3 is 14.2 Å². The molecule has 0 fully saturated rings. The van der Waals surface area contributed by atoms with Crippen LogP contribution in [0, 0.1) is 11.8 Å². The minimum absolute atomic E-state index is 0.0107. The summed E-state index contributed by atoms with van der Waals surface area (Å²) in [6.45, 7) is 1.65. The molecule has 0 aliphatic carbocycles. The van der Waals surface area contributed by atoms with Gasteiger partial charge in [-0.05, 0) is 25.1 Å². The molecule has 0 unspecified atom stereocenters. The number of aromatic nitrogens is 4. The molecule has 2 heterocycles. The van der Waals surface area contributed by atoms with E-state index >= 15 is 0 Å². The first-order valence-electron chi connectivity index (χ1n) is 8.91. The van der Waals surface area contributed by atoms with E-state index in [0.717, 1.165) is 6.26 Å². The minimum Gasteiger partial charge on any atom is -0.493 e. The number of rotatable bonds is 8. The average molecular weight is 441 g/mol. The van der Waals surface area contributed by atoms with Gasteiger partial charge in [0.15, 0.2) is 29.7 Å². The summed E-state index contributed by atoms with van der Waals surface area (Å²) < 4.78 is 43.2. The number of anilines is 1. The highest BCUT2D eigenvalue weighted by Crippen LogP contribution is 2.40. The third-order valence-corrected chi connectivity index (χ3v) is 4.19. The van der Waals surface area contributed by atoms with Crippen molar-refractivity contribution in [1.29, 1.82) is 0 Å². The summed E-state index contributed by atoms with van der Waals surface area (Å²) >= 11 is 0. The summed E-state index contributed by atoms with van der Waals surface area (Å²) in [6.07, 6.45) is 4.01. The SMILES string of the molecule is CC#CCOc1nc(-c2ncccn2)nc(NS(C)(=O)=O)c1Oc1ccccc1OC. The average Bonchev–Trinajstić information content (AvgIpc) is 2.75. The van der Waals surface area contributed by atoms with Crippen molar-refractivity contribution >= 4 is 15.8 Å². The van der Waals surface area contributed by atoms with Crippen molar-refractivity contribution < 1.29 is 22.6 Å². The number of ether oxygens (including phenoxy) is 3. The first-order valence-corrected chi connectivity index (χ1v) is 10.8. The van der Waals surface area contributed by atoms with Crippen molar-refractivity contribution in [1.82, 2.24) is 19.9 Å². The fourth-order valence-corrected chi connectivity index (χ4v) is 2.86. The fraction of sp³-hybridized carbons (Fsp3) is 0.200. The Hall–Kier alpha value is -3.91. The Morgan fingerprint density at radius 3 is 2.39 bits per heavy atom. The van der Waals surface area contributed by atoms with Gasteiger partial charge in [-0.1, -0.05) is 18.1 Å². The molecule has 31 heavy (non-hydrogen) atoms. The van der Waals surface area contributed by atoms with Crippen molar-refractivity contribution in [2.24, 2.45) is 0 Å². The zero-order valence-electron chi connectivity index (χ0n) is 17.0. The lowest BCUT2D eigenvalue weighted by Gasteiger charge is -2.16. The molecule has 0 aliphatic heterocycles. The Morgan fingerprint density at radius 1 is 1.03 bits per heavy atom. The predicted octanol–water partition coefficient (Wildman–Crippen LogP) is 2.51. The van der Waals surface area contributed by atoms with Crippen molar-refractivity contribution in [3.05, 3.63) is 42.7 Å². The molecule has 0 amide bonds. The van der Waals surface area contributed by atoms with Crippen LogP contribution in [0.5, 0.6) is 23.1 Å². The van der Waals surface area contributed by atoms with Gasteiger partial charge in [-0.2, -0.15) is 4.98 Å². The van der Waals surface area contributed by atoms with E-state index in [0.29, 0.717) is 11.5 Å². The summed E-state index contributed by atoms with van der Waals surface area (Å²) in [5.74, 6) is 6.15. The van der Waals surface area contributed by atoms with Crippen molar-refractivity contribution in [3.8, 4) is 46.6 Å². The number of hydrogen-bond acceptors (Lipinski definition) is 9. The Labute approximate surface area is 179 Å². The quantitative estimate of drug-likeness (QED) is 0.525. The molecule has 1 aromatic carbocycles. The molecular formula is C20H19N5O5S. The normalized spacial score (nSPS) is 10.5. The lowest BCUT2D eigenvalue weighted by molar-refractivity contribution is 0.324. The molecule has 2 aromatic heterocycles. The Morgan fingerprint density at radius 2 is 1.74 bits per heavy atom. The van der Waals surface area contributed by atoms with Crippen LogP contribution in [-0.2, 0) is 10.0 Å². The number of nitrogens with zero attached hydrogens (tertiary/aromatic N) is 4. The van der Waals surface area contributed by atoms with E-state index in [9.17, 15) is 8.42 Å². The van der Waals surface area contributed by atoms with Crippen LogP contribution in [0.15, 0.2) is 42.7 Å². The third kappa shape index (κ3) is 5.80. The van der Waals surface area contributed by atoms with Crippen LogP contribution in [-0.4, -0.2) is 48.3 Å². The van der Waals surface area contributed by atoms with Crippen LogP contribution in [0.3, 0.4) is 0 Å². The molecular weight excluding hydrogens is 422 g/mol. The smallest absolute Gasteiger partial charge is 0.264 e. The monoisotopic (exact) mass is 441 g/mol. The maximum absolute atomic E-state index is 12.0. The maximum atomic E-state index is 12.0. The molecule has 10 nitrogen and oxygen atoms in total. The number of para-hydroxylation sites is 2. The van der Waals surface area contributed by atoms with E-state index in [4.69, 9.17) is 14.2 Å². The second kappa shape index (κ2) is 9.73. The van der Waals surface area contributed by atoms with Crippen molar-refractivity contribution in [2.75, 3.05) is 24.7 Å². The van der Waals surface area contributed by atoms with E-state index in [1.165, 1.54) is 19.5 Å². The largest absolute Gasteiger partial charge is 0.493 e. The number of hydrogen-bond donors (Lipinski definition) is 1. The Bertz CT molecular complexity index is 1220. The highest BCUT2D eigenvalue weighted by Gasteiger charge is 2.23. The van der Waals surface area contributed by atoms with Crippen LogP contribution in [0.2, 0.25) is 0 Å². The second-order valence-electron chi connectivity index (χ2n) is 5.95. The third-order valence-electron chi connectivity index (χ3n) is 3.62. The van der Waals surface area contributed by atoms with Gasteiger partial charge in [0.2, 0.25) is 21.6 Å². The molecule has 1 N–H and O–H groups in total. The molecule has 3 aromatic rings. The van der Waals surface area contributed by atoms with Gasteiger partial charge >= 0.3 is 0 Å². The first kappa shape index (κ1) is 21.8. The molecule has 0 atom stereocenters. The molecule has 3 rings (SSSR count).